The summed E-state index contributed by atoms with van der Waals surface area (Å²) < 4.78 is 62.0. The number of rotatable bonds is 7. The molecule has 0 heterocycles. The maximum atomic E-state index is 12.7. The second-order valence-electron chi connectivity index (χ2n) is 5.49. The van der Waals surface area contributed by atoms with Crippen molar-refractivity contribution in [3.8, 4) is 11.5 Å². The Morgan fingerprint density at radius 1 is 1.13 bits per heavy atom. The fraction of sp³-hybridized carbons (Fsp3) is 0.294. The highest BCUT2D eigenvalue weighted by Gasteiger charge is 2.32. The van der Waals surface area contributed by atoms with E-state index in [1.807, 2.05) is 0 Å². The van der Waals surface area contributed by atoms with Crippen molar-refractivity contribution in [3.63, 3.8) is 0 Å². The lowest BCUT2D eigenvalue weighted by atomic mass is 10.2. The van der Waals surface area contributed by atoms with Crippen molar-refractivity contribution < 1.29 is 36.4 Å². The van der Waals surface area contributed by atoms with Gasteiger partial charge in [-0.15, -0.1) is 0 Å². The molecular formula is C17H18Cl2F3N2O6P. The van der Waals surface area contributed by atoms with Gasteiger partial charge in [0.05, 0.1) is 20.5 Å². The van der Waals surface area contributed by atoms with Crippen LogP contribution in [0.15, 0.2) is 30.3 Å². The molecule has 0 atom stereocenters. The van der Waals surface area contributed by atoms with Crippen molar-refractivity contribution >= 4 is 42.8 Å². The normalized spacial score (nSPS) is 11.0. The van der Waals surface area contributed by atoms with E-state index in [9.17, 15) is 27.9 Å². The predicted octanol–water partition coefficient (Wildman–Crippen LogP) is 6.81. The van der Waals surface area contributed by atoms with Crippen LogP contribution < -0.4 is 10.1 Å². The van der Waals surface area contributed by atoms with Crippen molar-refractivity contribution in [2.24, 2.45) is 0 Å². The van der Waals surface area contributed by atoms with Crippen molar-refractivity contribution in [3.05, 3.63) is 56.1 Å². The van der Waals surface area contributed by atoms with Gasteiger partial charge in [0.25, 0.3) is 5.69 Å². The Hall–Kier alpha value is -2.04. The Morgan fingerprint density at radius 3 is 2.06 bits per heavy atom. The van der Waals surface area contributed by atoms with Gasteiger partial charge in [-0.1, -0.05) is 23.2 Å². The number of nitro benzene ring substituents is 1. The summed E-state index contributed by atoms with van der Waals surface area (Å²) in [5.41, 5.74) is -0.977. The smallest absolute Gasteiger partial charge is 0.416 e. The molecule has 0 amide bonds. The van der Waals surface area contributed by atoms with E-state index in [0.717, 1.165) is 0 Å². The van der Waals surface area contributed by atoms with Gasteiger partial charge in [0, 0.05) is 32.9 Å². The maximum Gasteiger partial charge on any atom is 0.416 e. The number of ether oxygens (including phenoxy) is 1. The lowest BCUT2D eigenvalue weighted by molar-refractivity contribution is -0.384. The number of halogens is 5. The second-order valence-corrected chi connectivity index (χ2v) is 7.62. The van der Waals surface area contributed by atoms with Crippen molar-refractivity contribution in [2.45, 2.75) is 13.1 Å². The van der Waals surface area contributed by atoms with Gasteiger partial charge in [0.2, 0.25) is 0 Å². The van der Waals surface area contributed by atoms with Crippen molar-refractivity contribution in [1.29, 1.82) is 0 Å². The molecule has 0 unspecified atom stereocenters. The third kappa shape index (κ3) is 8.19. The first-order valence-corrected chi connectivity index (χ1v) is 10.3. The summed E-state index contributed by atoms with van der Waals surface area (Å²) in [5, 5.41) is 13.1. The molecule has 0 saturated heterocycles. The minimum atomic E-state index is -4.60. The summed E-state index contributed by atoms with van der Waals surface area (Å²) in [4.78, 5) is 10.4. The molecule has 0 aliphatic rings. The number of benzene rings is 2. The van der Waals surface area contributed by atoms with E-state index in [4.69, 9.17) is 27.9 Å². The molecule has 0 bridgehead atoms. The topological polar surface area (TPSA) is 99.9 Å². The number of nitro groups is 1. The molecule has 0 aromatic heterocycles. The van der Waals surface area contributed by atoms with Crippen LogP contribution in [-0.2, 0) is 19.8 Å². The van der Waals surface area contributed by atoms with Gasteiger partial charge in [0.15, 0.2) is 5.75 Å². The summed E-state index contributed by atoms with van der Waals surface area (Å²) in [6, 6.07) is 5.23. The Bertz CT molecular complexity index is 918. The van der Waals surface area contributed by atoms with E-state index in [2.05, 4.69) is 14.4 Å². The SMILES string of the molecule is CCNc1cc(Oc2c(Cl)cc(C(F)(F)F)cc2Cl)ccc1[N+](=O)[O-].CO[PH](=O)OC. The molecule has 0 radical (unpaired) electrons. The molecule has 8 nitrogen and oxygen atoms in total. The number of hydrogen-bond donors (Lipinski definition) is 1. The molecule has 2 rings (SSSR count). The van der Waals surface area contributed by atoms with Gasteiger partial charge in [0.1, 0.15) is 11.4 Å². The molecule has 0 aliphatic carbocycles. The van der Waals surface area contributed by atoms with Crippen LogP contribution in [0, 0.1) is 10.1 Å². The van der Waals surface area contributed by atoms with Crippen LogP contribution in [0.25, 0.3) is 0 Å². The molecular weight excluding hydrogens is 487 g/mol. The summed E-state index contributed by atoms with van der Waals surface area (Å²) in [6.07, 6.45) is -4.60. The van der Waals surface area contributed by atoms with Gasteiger partial charge < -0.3 is 19.1 Å². The van der Waals surface area contributed by atoms with Crippen LogP contribution in [-0.4, -0.2) is 25.7 Å². The van der Waals surface area contributed by atoms with Gasteiger partial charge in [-0.3, -0.25) is 14.7 Å². The quantitative estimate of drug-likeness (QED) is 0.251. The molecule has 1 N–H and O–H groups in total. The molecule has 31 heavy (non-hydrogen) atoms. The monoisotopic (exact) mass is 504 g/mol. The Balaban J connectivity index is 0.000000703. The fourth-order valence-corrected chi connectivity index (χ4v) is 2.82. The van der Waals surface area contributed by atoms with Gasteiger partial charge in [-0.25, -0.2) is 0 Å². The molecule has 0 spiro atoms. The van der Waals surface area contributed by atoms with Gasteiger partial charge in [-0.05, 0) is 25.1 Å². The molecule has 2 aromatic carbocycles. The van der Waals surface area contributed by atoms with E-state index >= 15 is 0 Å². The van der Waals surface area contributed by atoms with Crippen LogP contribution in [0.5, 0.6) is 11.5 Å². The summed E-state index contributed by atoms with van der Waals surface area (Å²) in [6.45, 7) is 2.17. The third-order valence-electron chi connectivity index (χ3n) is 3.41. The molecule has 0 aliphatic heterocycles. The number of anilines is 1. The van der Waals surface area contributed by atoms with E-state index < -0.39 is 24.9 Å². The van der Waals surface area contributed by atoms with Crippen LogP contribution >= 0.6 is 31.5 Å². The summed E-state index contributed by atoms with van der Waals surface area (Å²) in [5.74, 6) is -0.0438. The van der Waals surface area contributed by atoms with E-state index in [1.165, 1.54) is 32.4 Å². The van der Waals surface area contributed by atoms with Crippen LogP contribution in [0.2, 0.25) is 10.0 Å². The fourth-order valence-electron chi connectivity index (χ4n) is 2.09. The zero-order valence-electron chi connectivity index (χ0n) is 16.4. The minimum absolute atomic E-state index is 0.130. The molecule has 2 aromatic rings. The summed E-state index contributed by atoms with van der Waals surface area (Å²) in [7, 11) is 0.558. The first-order valence-electron chi connectivity index (χ1n) is 8.32. The summed E-state index contributed by atoms with van der Waals surface area (Å²) >= 11 is 11.7. The Morgan fingerprint density at radius 2 is 1.68 bits per heavy atom. The lowest BCUT2D eigenvalue weighted by Gasteiger charge is -2.14. The van der Waals surface area contributed by atoms with E-state index in [-0.39, 0.29) is 32.9 Å². The first kappa shape index (κ1) is 27.0. The molecule has 172 valence electrons. The number of hydrogen-bond acceptors (Lipinski definition) is 7. The highest BCUT2D eigenvalue weighted by Crippen LogP contribution is 2.42. The molecule has 0 saturated carbocycles. The van der Waals surface area contributed by atoms with Crippen molar-refractivity contribution in [1.82, 2.24) is 0 Å². The van der Waals surface area contributed by atoms with Crippen LogP contribution in [0.4, 0.5) is 24.5 Å². The highest BCUT2D eigenvalue weighted by molar-refractivity contribution is 7.33. The predicted molar refractivity (Wildman–Crippen MR) is 112 cm³/mol. The van der Waals surface area contributed by atoms with E-state index in [1.54, 1.807) is 6.92 Å². The standard InChI is InChI=1S/C15H11Cl2F3N2O3.C2H7O3P/c1-2-21-12-7-9(3-4-13(12)22(23)24)25-14-10(16)5-8(6-11(14)17)15(18,19)20;1-4-6(3)5-2/h3-7,21H,2H2,1H3;6H,1-2H3. The Kier molecular flexibility index (Phi) is 10.5. The minimum Gasteiger partial charge on any atom is -0.454 e. The van der Waals surface area contributed by atoms with Gasteiger partial charge in [-0.2, -0.15) is 13.2 Å². The molecule has 14 heteroatoms. The average molecular weight is 505 g/mol. The third-order valence-corrected chi connectivity index (χ3v) is 4.64. The van der Waals surface area contributed by atoms with Crippen LogP contribution in [0.1, 0.15) is 12.5 Å². The second kappa shape index (κ2) is 12.1. The van der Waals surface area contributed by atoms with Crippen LogP contribution in [0.3, 0.4) is 0 Å². The average Bonchev–Trinajstić information content (AvgIpc) is 2.70. The first-order chi connectivity index (χ1) is 14.4. The highest BCUT2D eigenvalue weighted by atomic mass is 35.5. The zero-order valence-corrected chi connectivity index (χ0v) is 18.9. The number of nitrogens with zero attached hydrogens (tertiary/aromatic N) is 1. The molecule has 0 fully saturated rings. The number of alkyl halides is 3. The lowest BCUT2D eigenvalue weighted by Crippen LogP contribution is -2.05. The van der Waals surface area contributed by atoms with Gasteiger partial charge >= 0.3 is 14.4 Å². The maximum absolute atomic E-state index is 12.7. The largest absolute Gasteiger partial charge is 0.454 e. The Labute approximate surface area is 186 Å². The number of nitrogens with one attached hydrogen (secondary N) is 1. The van der Waals surface area contributed by atoms with E-state index in [0.29, 0.717) is 18.7 Å². The zero-order chi connectivity index (χ0) is 23.8. The van der Waals surface area contributed by atoms with Crippen molar-refractivity contribution in [2.75, 3.05) is 26.1 Å².